The molecule has 3 aromatic rings. The second-order valence-corrected chi connectivity index (χ2v) is 6.26. The van der Waals surface area contributed by atoms with Gasteiger partial charge in [-0.25, -0.2) is 9.78 Å². The van der Waals surface area contributed by atoms with Gasteiger partial charge in [-0.05, 0) is 19.1 Å². The van der Waals surface area contributed by atoms with Crippen molar-refractivity contribution in [3.63, 3.8) is 0 Å². The molecule has 25 heavy (non-hydrogen) atoms. The smallest absolute Gasteiger partial charge is 0.433 e. The SMILES string of the molecule is Cc1sc(-c2ccco2)nc1C(=O)OCCc1cn[nH]c1C(F)(F)F. The van der Waals surface area contributed by atoms with Crippen molar-refractivity contribution in [2.75, 3.05) is 6.61 Å². The van der Waals surface area contributed by atoms with Gasteiger partial charge in [-0.2, -0.15) is 18.3 Å². The Labute approximate surface area is 143 Å². The zero-order valence-corrected chi connectivity index (χ0v) is 13.7. The number of halogens is 3. The molecule has 3 rings (SSSR count). The summed E-state index contributed by atoms with van der Waals surface area (Å²) in [4.78, 5) is 16.9. The maximum Gasteiger partial charge on any atom is 0.433 e. The van der Waals surface area contributed by atoms with E-state index in [0.29, 0.717) is 15.6 Å². The topological polar surface area (TPSA) is 81.0 Å². The lowest BCUT2D eigenvalue weighted by Gasteiger charge is -2.07. The molecule has 0 unspecified atom stereocenters. The Morgan fingerprint density at radius 1 is 1.44 bits per heavy atom. The number of nitrogens with one attached hydrogen (secondary N) is 1. The predicted molar refractivity (Wildman–Crippen MR) is 82.1 cm³/mol. The minimum absolute atomic E-state index is 0.0634. The third-order valence-electron chi connectivity index (χ3n) is 3.33. The minimum Gasteiger partial charge on any atom is -0.462 e. The van der Waals surface area contributed by atoms with E-state index >= 15 is 0 Å². The van der Waals surface area contributed by atoms with Crippen LogP contribution in [0.4, 0.5) is 13.2 Å². The van der Waals surface area contributed by atoms with Gasteiger partial charge < -0.3 is 9.15 Å². The van der Waals surface area contributed by atoms with Gasteiger partial charge in [0.15, 0.2) is 16.5 Å². The van der Waals surface area contributed by atoms with Crippen LogP contribution in [0, 0.1) is 6.92 Å². The summed E-state index contributed by atoms with van der Waals surface area (Å²) in [5, 5.41) is 5.82. The Hall–Kier alpha value is -2.62. The number of esters is 1. The summed E-state index contributed by atoms with van der Waals surface area (Å²) in [5.74, 6) is -0.163. The van der Waals surface area contributed by atoms with E-state index in [1.54, 1.807) is 19.1 Å². The van der Waals surface area contributed by atoms with Crippen LogP contribution >= 0.6 is 11.3 Å². The van der Waals surface area contributed by atoms with Crippen molar-refractivity contribution in [3.05, 3.63) is 46.4 Å². The van der Waals surface area contributed by atoms with Crippen LogP contribution in [0.5, 0.6) is 0 Å². The zero-order valence-electron chi connectivity index (χ0n) is 12.9. The molecule has 0 aromatic carbocycles. The number of aromatic nitrogens is 3. The highest BCUT2D eigenvalue weighted by atomic mass is 32.1. The lowest BCUT2D eigenvalue weighted by molar-refractivity contribution is -0.141. The third kappa shape index (κ3) is 3.73. The van der Waals surface area contributed by atoms with E-state index in [-0.39, 0.29) is 24.3 Å². The number of thiazole rings is 1. The Morgan fingerprint density at radius 2 is 2.24 bits per heavy atom. The molecule has 0 spiro atoms. The first-order valence-electron chi connectivity index (χ1n) is 7.14. The highest BCUT2D eigenvalue weighted by Crippen LogP contribution is 2.30. The highest BCUT2D eigenvalue weighted by molar-refractivity contribution is 7.15. The van der Waals surface area contributed by atoms with Gasteiger partial charge in [0, 0.05) is 16.9 Å². The lowest BCUT2D eigenvalue weighted by atomic mass is 10.2. The van der Waals surface area contributed by atoms with Crippen molar-refractivity contribution < 1.29 is 27.1 Å². The van der Waals surface area contributed by atoms with E-state index in [2.05, 4.69) is 10.1 Å². The van der Waals surface area contributed by atoms with Crippen LogP contribution in [-0.4, -0.2) is 27.8 Å². The number of nitrogens with zero attached hydrogens (tertiary/aromatic N) is 2. The van der Waals surface area contributed by atoms with Crippen molar-refractivity contribution in [2.24, 2.45) is 0 Å². The Balaban J connectivity index is 1.63. The van der Waals surface area contributed by atoms with E-state index < -0.39 is 17.8 Å². The number of aryl methyl sites for hydroxylation is 1. The van der Waals surface area contributed by atoms with Crippen molar-refractivity contribution in [2.45, 2.75) is 19.5 Å². The number of hydrogen-bond donors (Lipinski definition) is 1. The van der Waals surface area contributed by atoms with Crippen LogP contribution in [0.25, 0.3) is 10.8 Å². The van der Waals surface area contributed by atoms with Crippen molar-refractivity contribution in [1.82, 2.24) is 15.2 Å². The molecule has 0 aliphatic rings. The fraction of sp³-hybridized carbons (Fsp3) is 0.267. The Kier molecular flexibility index (Phi) is 4.62. The molecule has 3 aromatic heterocycles. The summed E-state index contributed by atoms with van der Waals surface area (Å²) in [6.45, 7) is 1.49. The monoisotopic (exact) mass is 371 g/mol. The third-order valence-corrected chi connectivity index (χ3v) is 4.31. The van der Waals surface area contributed by atoms with Crippen LogP contribution in [-0.2, 0) is 17.3 Å². The number of carbonyl (C=O) groups excluding carboxylic acids is 1. The first-order valence-corrected chi connectivity index (χ1v) is 7.96. The number of aromatic amines is 1. The summed E-state index contributed by atoms with van der Waals surface area (Å²) in [6.07, 6.45) is -2.07. The van der Waals surface area contributed by atoms with Gasteiger partial charge in [0.1, 0.15) is 5.69 Å². The average molecular weight is 371 g/mol. The average Bonchev–Trinajstić information content (AvgIpc) is 3.26. The van der Waals surface area contributed by atoms with Crippen molar-refractivity contribution >= 4 is 17.3 Å². The van der Waals surface area contributed by atoms with Gasteiger partial charge in [-0.1, -0.05) is 0 Å². The number of carbonyl (C=O) groups is 1. The molecule has 3 heterocycles. The highest BCUT2D eigenvalue weighted by Gasteiger charge is 2.35. The van der Waals surface area contributed by atoms with E-state index in [4.69, 9.17) is 9.15 Å². The lowest BCUT2D eigenvalue weighted by Crippen LogP contribution is -2.13. The van der Waals surface area contributed by atoms with Crippen molar-refractivity contribution in [3.8, 4) is 10.8 Å². The number of hydrogen-bond acceptors (Lipinski definition) is 6. The van der Waals surface area contributed by atoms with Gasteiger partial charge in [0.2, 0.25) is 0 Å². The number of ether oxygens (including phenoxy) is 1. The zero-order chi connectivity index (χ0) is 18.0. The fourth-order valence-electron chi connectivity index (χ4n) is 2.16. The molecule has 0 saturated carbocycles. The second kappa shape index (κ2) is 6.71. The van der Waals surface area contributed by atoms with Crippen LogP contribution in [0.2, 0.25) is 0 Å². The van der Waals surface area contributed by atoms with Gasteiger partial charge in [-0.3, -0.25) is 5.10 Å². The van der Waals surface area contributed by atoms with E-state index in [0.717, 1.165) is 6.20 Å². The van der Waals surface area contributed by atoms with Crippen molar-refractivity contribution in [1.29, 1.82) is 0 Å². The summed E-state index contributed by atoms with van der Waals surface area (Å²) in [5.41, 5.74) is -0.875. The number of H-pyrrole nitrogens is 1. The molecule has 0 saturated heterocycles. The number of rotatable bonds is 5. The number of alkyl halides is 3. The minimum atomic E-state index is -4.53. The summed E-state index contributed by atoms with van der Waals surface area (Å²) in [6, 6.07) is 3.41. The van der Waals surface area contributed by atoms with Gasteiger partial charge in [0.25, 0.3) is 0 Å². The molecular weight excluding hydrogens is 359 g/mol. The summed E-state index contributed by atoms with van der Waals surface area (Å²) in [7, 11) is 0. The maximum atomic E-state index is 12.7. The van der Waals surface area contributed by atoms with E-state index in [9.17, 15) is 18.0 Å². The second-order valence-electron chi connectivity index (χ2n) is 5.06. The summed E-state index contributed by atoms with van der Waals surface area (Å²) >= 11 is 1.27. The van der Waals surface area contributed by atoms with E-state index in [1.165, 1.54) is 17.6 Å². The largest absolute Gasteiger partial charge is 0.462 e. The molecule has 132 valence electrons. The molecule has 0 radical (unpaired) electrons. The van der Waals surface area contributed by atoms with Gasteiger partial charge in [0.05, 0.1) is 19.1 Å². The molecule has 1 N–H and O–H groups in total. The standard InChI is InChI=1S/C15H12F3N3O3S/c1-8-11(20-13(25-8)10-3-2-5-23-10)14(22)24-6-4-9-7-19-21-12(9)15(16,17)18/h2-3,5,7H,4,6H2,1H3,(H,19,21). The molecule has 0 aliphatic heterocycles. The van der Waals surface area contributed by atoms with Crippen LogP contribution in [0.3, 0.4) is 0 Å². The van der Waals surface area contributed by atoms with Crippen LogP contribution < -0.4 is 0 Å². The molecule has 0 atom stereocenters. The Bertz CT molecular complexity index is 868. The van der Waals surface area contributed by atoms with E-state index in [1.807, 2.05) is 5.10 Å². The first kappa shape index (κ1) is 17.2. The van der Waals surface area contributed by atoms with Crippen LogP contribution in [0.15, 0.2) is 29.0 Å². The normalized spacial score (nSPS) is 11.7. The molecule has 0 aliphatic carbocycles. The summed E-state index contributed by atoms with van der Waals surface area (Å²) < 4.78 is 48.4. The first-order chi connectivity index (χ1) is 11.9. The molecule has 0 amide bonds. The molecule has 0 fully saturated rings. The van der Waals surface area contributed by atoms with Gasteiger partial charge >= 0.3 is 12.1 Å². The molecule has 6 nitrogen and oxygen atoms in total. The maximum absolute atomic E-state index is 12.7. The molecule has 10 heteroatoms. The molecule has 0 bridgehead atoms. The Morgan fingerprint density at radius 3 is 2.92 bits per heavy atom. The quantitative estimate of drug-likeness (QED) is 0.689. The molecular formula is C15H12F3N3O3S. The fourth-order valence-corrected chi connectivity index (χ4v) is 3.03. The number of furan rings is 1. The predicted octanol–water partition coefficient (Wildman–Crippen LogP) is 3.85. The van der Waals surface area contributed by atoms with Gasteiger partial charge in [-0.15, -0.1) is 11.3 Å². The van der Waals surface area contributed by atoms with Crippen LogP contribution in [0.1, 0.15) is 26.6 Å².